The summed E-state index contributed by atoms with van der Waals surface area (Å²) < 4.78 is 0. The van der Waals surface area contributed by atoms with Crippen molar-refractivity contribution < 1.29 is 9.90 Å². The van der Waals surface area contributed by atoms with Crippen molar-refractivity contribution in [3.05, 3.63) is 18.1 Å². The topological polar surface area (TPSA) is 92.3 Å². The molecule has 1 atom stereocenters. The van der Waals surface area contributed by atoms with E-state index in [1.165, 1.54) is 12.4 Å². The molecule has 1 aromatic rings. The van der Waals surface area contributed by atoms with E-state index in [4.69, 9.17) is 5.73 Å². The van der Waals surface area contributed by atoms with E-state index < -0.39 is 0 Å². The molecule has 0 saturated carbocycles. The molecule has 0 aromatic carbocycles. The third-order valence-corrected chi connectivity index (χ3v) is 3.38. The number of carbonyl (C=O) groups is 1. The normalized spacial score (nSPS) is 18.7. The largest absolute Gasteiger partial charge is 0.393 e. The van der Waals surface area contributed by atoms with E-state index in [0.29, 0.717) is 13.1 Å². The number of amides is 1. The summed E-state index contributed by atoms with van der Waals surface area (Å²) in [7, 11) is 0. The number of aliphatic hydroxyl groups is 1. The number of carbonyl (C=O) groups excluding carboxylic acids is 1. The van der Waals surface area contributed by atoms with Gasteiger partial charge < -0.3 is 15.7 Å². The van der Waals surface area contributed by atoms with Gasteiger partial charge in [0, 0.05) is 13.1 Å². The van der Waals surface area contributed by atoms with Crippen LogP contribution in [0.15, 0.2) is 12.4 Å². The van der Waals surface area contributed by atoms with E-state index in [0.717, 1.165) is 12.8 Å². The van der Waals surface area contributed by atoms with Crippen LogP contribution in [0.4, 0.5) is 5.82 Å². The summed E-state index contributed by atoms with van der Waals surface area (Å²) in [4.78, 5) is 21.7. The number of rotatable bonds is 2. The van der Waals surface area contributed by atoms with Gasteiger partial charge in [-0.15, -0.1) is 0 Å². The summed E-state index contributed by atoms with van der Waals surface area (Å²) in [5.74, 6) is 0.388. The van der Waals surface area contributed by atoms with E-state index in [1.807, 2.05) is 0 Å². The fourth-order valence-electron chi connectivity index (χ4n) is 2.23. The van der Waals surface area contributed by atoms with E-state index >= 15 is 0 Å². The lowest BCUT2D eigenvalue weighted by atomic mass is 9.92. The van der Waals surface area contributed by atoms with E-state index in [9.17, 15) is 9.90 Å². The van der Waals surface area contributed by atoms with Gasteiger partial charge >= 0.3 is 0 Å². The number of nitrogens with zero attached hydrogens (tertiary/aromatic N) is 3. The van der Waals surface area contributed by atoms with Gasteiger partial charge in [-0.05, 0) is 25.7 Å². The maximum atomic E-state index is 12.1. The van der Waals surface area contributed by atoms with Gasteiger partial charge in [0.15, 0.2) is 0 Å². The van der Waals surface area contributed by atoms with E-state index in [2.05, 4.69) is 9.97 Å². The number of nitrogens with two attached hydrogens (primary N) is 1. The summed E-state index contributed by atoms with van der Waals surface area (Å²) in [6.45, 7) is 3.08. The zero-order chi connectivity index (χ0) is 13.1. The SMILES string of the molecule is CC(O)C1CCN(C(=O)c2cncc(N)n2)CC1. The number of piperidine rings is 1. The van der Waals surface area contributed by atoms with Crippen LogP contribution in [0.5, 0.6) is 0 Å². The summed E-state index contributed by atoms with van der Waals surface area (Å²) in [6.07, 6.45) is 4.17. The maximum Gasteiger partial charge on any atom is 0.274 e. The molecule has 6 nitrogen and oxygen atoms in total. The molecule has 1 unspecified atom stereocenters. The zero-order valence-electron chi connectivity index (χ0n) is 10.4. The van der Waals surface area contributed by atoms with Gasteiger partial charge in [0.25, 0.3) is 5.91 Å². The Kier molecular flexibility index (Phi) is 3.76. The number of hydrogen-bond acceptors (Lipinski definition) is 5. The average Bonchev–Trinajstić information content (AvgIpc) is 2.38. The Bertz CT molecular complexity index is 428. The van der Waals surface area contributed by atoms with Gasteiger partial charge in [-0.1, -0.05) is 0 Å². The molecule has 0 bridgehead atoms. The first-order valence-corrected chi connectivity index (χ1v) is 6.13. The summed E-state index contributed by atoms with van der Waals surface area (Å²) in [5.41, 5.74) is 5.79. The Balaban J connectivity index is 1.99. The minimum absolute atomic E-state index is 0.140. The van der Waals surface area contributed by atoms with Crippen LogP contribution in [0.3, 0.4) is 0 Å². The van der Waals surface area contributed by atoms with Crippen molar-refractivity contribution in [1.82, 2.24) is 14.9 Å². The Morgan fingerprint density at radius 3 is 2.72 bits per heavy atom. The summed E-state index contributed by atoms with van der Waals surface area (Å²) >= 11 is 0. The highest BCUT2D eigenvalue weighted by Gasteiger charge is 2.26. The van der Waals surface area contributed by atoms with Crippen molar-refractivity contribution in [3.8, 4) is 0 Å². The minimum Gasteiger partial charge on any atom is -0.393 e. The predicted molar refractivity (Wildman–Crippen MR) is 66.8 cm³/mol. The Morgan fingerprint density at radius 2 is 2.17 bits per heavy atom. The second-order valence-corrected chi connectivity index (χ2v) is 4.70. The van der Waals surface area contributed by atoms with Crippen LogP contribution in [-0.4, -0.2) is 45.1 Å². The Morgan fingerprint density at radius 1 is 1.50 bits per heavy atom. The molecule has 98 valence electrons. The first kappa shape index (κ1) is 12.8. The van der Waals surface area contributed by atoms with Gasteiger partial charge in [0.05, 0.1) is 18.5 Å². The number of hydrogen-bond donors (Lipinski definition) is 2. The molecule has 2 heterocycles. The van der Waals surface area contributed by atoms with Crippen molar-refractivity contribution >= 4 is 11.7 Å². The third-order valence-electron chi connectivity index (χ3n) is 3.38. The number of anilines is 1. The van der Waals surface area contributed by atoms with Gasteiger partial charge in [0.2, 0.25) is 0 Å². The maximum absolute atomic E-state index is 12.1. The van der Waals surface area contributed by atoms with E-state index in [1.54, 1.807) is 11.8 Å². The van der Waals surface area contributed by atoms with Gasteiger partial charge in [-0.25, -0.2) is 4.98 Å². The predicted octanol–water partition coefficient (Wildman–Crippen LogP) is 0.292. The fourth-order valence-corrected chi connectivity index (χ4v) is 2.23. The highest BCUT2D eigenvalue weighted by Crippen LogP contribution is 2.21. The van der Waals surface area contributed by atoms with Crippen molar-refractivity contribution in [2.24, 2.45) is 5.92 Å². The molecule has 1 saturated heterocycles. The third kappa shape index (κ3) is 2.76. The highest BCUT2D eigenvalue weighted by molar-refractivity contribution is 5.92. The average molecular weight is 250 g/mol. The molecule has 1 aliphatic rings. The van der Waals surface area contributed by atoms with Crippen LogP contribution in [0.25, 0.3) is 0 Å². The lowest BCUT2D eigenvalue weighted by Crippen LogP contribution is -2.41. The Hall–Kier alpha value is -1.69. The lowest BCUT2D eigenvalue weighted by molar-refractivity contribution is 0.0517. The molecule has 1 aliphatic heterocycles. The molecular weight excluding hydrogens is 232 g/mol. The first-order chi connectivity index (χ1) is 8.58. The summed E-state index contributed by atoms with van der Waals surface area (Å²) in [6, 6.07) is 0. The molecule has 0 aliphatic carbocycles. The van der Waals surface area contributed by atoms with Gasteiger partial charge in [-0.3, -0.25) is 9.78 Å². The monoisotopic (exact) mass is 250 g/mol. The number of likely N-dealkylation sites (tertiary alicyclic amines) is 1. The smallest absolute Gasteiger partial charge is 0.274 e. The van der Waals surface area contributed by atoms with Crippen LogP contribution in [0.1, 0.15) is 30.3 Å². The van der Waals surface area contributed by atoms with E-state index in [-0.39, 0.29) is 29.4 Å². The molecule has 1 fully saturated rings. The van der Waals surface area contributed by atoms with Crippen LogP contribution in [0, 0.1) is 5.92 Å². The molecule has 3 N–H and O–H groups in total. The van der Waals surface area contributed by atoms with Crippen molar-refractivity contribution in [3.63, 3.8) is 0 Å². The fraction of sp³-hybridized carbons (Fsp3) is 0.583. The van der Waals surface area contributed by atoms with Crippen molar-refractivity contribution in [2.75, 3.05) is 18.8 Å². The van der Waals surface area contributed by atoms with Crippen LogP contribution in [-0.2, 0) is 0 Å². The molecular formula is C12H18N4O2. The summed E-state index contributed by atoms with van der Waals surface area (Å²) in [5, 5.41) is 9.51. The van der Waals surface area contributed by atoms with Crippen molar-refractivity contribution in [1.29, 1.82) is 0 Å². The first-order valence-electron chi connectivity index (χ1n) is 6.13. The van der Waals surface area contributed by atoms with Crippen LogP contribution < -0.4 is 5.73 Å². The van der Waals surface area contributed by atoms with Crippen LogP contribution in [0.2, 0.25) is 0 Å². The van der Waals surface area contributed by atoms with Gasteiger partial charge in [-0.2, -0.15) is 0 Å². The standard InChI is InChI=1S/C12H18N4O2/c1-8(17)9-2-4-16(5-3-9)12(18)10-6-14-7-11(13)15-10/h6-9,17H,2-5H2,1H3,(H2,13,15). The molecule has 6 heteroatoms. The van der Waals surface area contributed by atoms with Crippen LogP contribution >= 0.6 is 0 Å². The second kappa shape index (κ2) is 5.30. The van der Waals surface area contributed by atoms with Crippen molar-refractivity contribution in [2.45, 2.75) is 25.9 Å². The molecule has 1 aromatic heterocycles. The molecule has 2 rings (SSSR count). The van der Waals surface area contributed by atoms with Gasteiger partial charge in [0.1, 0.15) is 11.5 Å². The number of aromatic nitrogens is 2. The number of nitrogen functional groups attached to an aromatic ring is 1. The molecule has 18 heavy (non-hydrogen) atoms. The molecule has 0 spiro atoms. The second-order valence-electron chi connectivity index (χ2n) is 4.70. The lowest BCUT2D eigenvalue weighted by Gasteiger charge is -2.33. The highest BCUT2D eigenvalue weighted by atomic mass is 16.3. The molecule has 1 amide bonds. The zero-order valence-corrected chi connectivity index (χ0v) is 10.4. The number of aliphatic hydroxyl groups excluding tert-OH is 1. The Labute approximate surface area is 106 Å². The molecule has 0 radical (unpaired) electrons. The minimum atomic E-state index is -0.311. The quantitative estimate of drug-likeness (QED) is 0.787.